The number of rotatable bonds is 6. The fraction of sp³-hybridized carbons (Fsp3) is 0.375. The minimum absolute atomic E-state index is 0.0301. The normalized spacial score (nSPS) is 10.8. The van der Waals surface area contributed by atoms with Crippen LogP contribution in [-0.2, 0) is 11.8 Å². The molecule has 9 heteroatoms. The molecular weight excluding hydrogens is 324 g/mol. The van der Waals surface area contributed by atoms with Crippen LogP contribution in [0.25, 0.3) is 0 Å². The molecule has 2 aromatic heterocycles. The maximum absolute atomic E-state index is 12.6. The first-order valence-electron chi connectivity index (χ1n) is 7.89. The van der Waals surface area contributed by atoms with Crippen LogP contribution >= 0.6 is 0 Å². The molecule has 134 valence electrons. The van der Waals surface area contributed by atoms with Gasteiger partial charge in [-0.2, -0.15) is 0 Å². The van der Waals surface area contributed by atoms with E-state index >= 15 is 0 Å². The lowest BCUT2D eigenvalue weighted by Crippen LogP contribution is -2.19. The van der Waals surface area contributed by atoms with Gasteiger partial charge in [0.15, 0.2) is 5.82 Å². The van der Waals surface area contributed by atoms with Crippen LogP contribution in [0.5, 0.6) is 0 Å². The summed E-state index contributed by atoms with van der Waals surface area (Å²) in [6, 6.07) is 1.46. The predicted octanol–water partition coefficient (Wildman–Crippen LogP) is 1.50. The Hall–Kier alpha value is -3.10. The van der Waals surface area contributed by atoms with Gasteiger partial charge in [-0.3, -0.25) is 14.4 Å². The molecule has 25 heavy (non-hydrogen) atoms. The quantitative estimate of drug-likeness (QED) is 0.733. The van der Waals surface area contributed by atoms with Crippen molar-refractivity contribution in [2.24, 2.45) is 12.8 Å². The third kappa shape index (κ3) is 4.06. The Bertz CT molecular complexity index is 818. The summed E-state index contributed by atoms with van der Waals surface area (Å²) in [5.74, 6) is -0.749. The van der Waals surface area contributed by atoms with E-state index in [4.69, 9.17) is 5.73 Å². The van der Waals surface area contributed by atoms with E-state index in [0.717, 1.165) is 0 Å². The van der Waals surface area contributed by atoms with E-state index in [-0.39, 0.29) is 23.5 Å². The highest BCUT2D eigenvalue weighted by Gasteiger charge is 2.20. The highest BCUT2D eigenvalue weighted by molar-refractivity contribution is 6.03. The van der Waals surface area contributed by atoms with Crippen LogP contribution in [0.15, 0.2) is 18.5 Å². The first-order valence-corrected chi connectivity index (χ1v) is 7.89. The molecule has 4 N–H and O–H groups in total. The summed E-state index contributed by atoms with van der Waals surface area (Å²) in [7, 11) is 1.66. The van der Waals surface area contributed by atoms with Crippen molar-refractivity contribution in [3.8, 4) is 0 Å². The third-order valence-electron chi connectivity index (χ3n) is 3.60. The van der Waals surface area contributed by atoms with Crippen LogP contribution in [0, 0.1) is 0 Å². The Labute approximate surface area is 145 Å². The number of carbonyl (C=O) groups excluding carboxylic acids is 3. The van der Waals surface area contributed by atoms with Gasteiger partial charge in [0.25, 0.3) is 11.8 Å². The van der Waals surface area contributed by atoms with Crippen molar-refractivity contribution in [1.82, 2.24) is 14.1 Å². The van der Waals surface area contributed by atoms with Gasteiger partial charge in [-0.25, -0.2) is 4.98 Å². The van der Waals surface area contributed by atoms with E-state index < -0.39 is 11.8 Å². The van der Waals surface area contributed by atoms with Gasteiger partial charge in [0.05, 0.1) is 5.69 Å². The zero-order valence-corrected chi connectivity index (χ0v) is 14.7. The Balaban J connectivity index is 2.27. The fourth-order valence-corrected chi connectivity index (χ4v) is 2.31. The molecule has 0 aliphatic rings. The van der Waals surface area contributed by atoms with Crippen LogP contribution in [0.4, 0.5) is 11.5 Å². The molecule has 0 atom stereocenters. The maximum Gasteiger partial charge on any atom is 0.291 e. The topological polar surface area (TPSA) is 124 Å². The molecule has 0 aliphatic heterocycles. The highest BCUT2D eigenvalue weighted by atomic mass is 16.2. The van der Waals surface area contributed by atoms with Gasteiger partial charge >= 0.3 is 0 Å². The average molecular weight is 346 g/mol. The van der Waals surface area contributed by atoms with Crippen molar-refractivity contribution in [1.29, 1.82) is 0 Å². The average Bonchev–Trinajstić information content (AvgIpc) is 3.11. The van der Waals surface area contributed by atoms with Crippen molar-refractivity contribution in [2.75, 3.05) is 10.6 Å². The predicted molar refractivity (Wildman–Crippen MR) is 93.4 cm³/mol. The minimum atomic E-state index is -0.587. The fourth-order valence-electron chi connectivity index (χ4n) is 2.31. The van der Waals surface area contributed by atoms with Crippen molar-refractivity contribution >= 4 is 29.2 Å². The molecule has 0 aliphatic carbocycles. The summed E-state index contributed by atoms with van der Waals surface area (Å²) in [5, 5.41) is 5.32. The Kier molecular flexibility index (Phi) is 5.26. The lowest BCUT2D eigenvalue weighted by atomic mass is 10.3. The molecule has 2 aromatic rings. The zero-order valence-electron chi connectivity index (χ0n) is 14.7. The zero-order chi connectivity index (χ0) is 18.7. The Morgan fingerprint density at radius 3 is 2.44 bits per heavy atom. The number of carbonyl (C=O) groups is 3. The van der Waals surface area contributed by atoms with E-state index in [1.807, 2.05) is 13.8 Å². The molecule has 0 spiro atoms. The number of aromatic nitrogens is 3. The second kappa shape index (κ2) is 7.20. The molecule has 0 fully saturated rings. The number of hydrogen-bond acceptors (Lipinski definition) is 4. The first-order chi connectivity index (χ1) is 11.7. The number of nitrogens with zero attached hydrogens (tertiary/aromatic N) is 3. The third-order valence-corrected chi connectivity index (χ3v) is 3.60. The molecule has 2 rings (SSSR count). The van der Waals surface area contributed by atoms with Crippen LogP contribution in [0.2, 0.25) is 0 Å². The second-order valence-corrected chi connectivity index (χ2v) is 5.90. The van der Waals surface area contributed by atoms with Crippen molar-refractivity contribution < 1.29 is 14.4 Å². The van der Waals surface area contributed by atoms with E-state index in [0.29, 0.717) is 17.9 Å². The second-order valence-electron chi connectivity index (χ2n) is 5.90. The molecule has 0 radical (unpaired) electrons. The summed E-state index contributed by atoms with van der Waals surface area (Å²) >= 11 is 0. The number of anilines is 2. The van der Waals surface area contributed by atoms with Gasteiger partial charge in [-0.1, -0.05) is 6.92 Å². The molecule has 3 amide bonds. The molecule has 2 heterocycles. The lowest BCUT2D eigenvalue weighted by molar-refractivity contribution is -0.115. The van der Waals surface area contributed by atoms with Gasteiger partial charge in [-0.05, 0) is 19.9 Å². The van der Waals surface area contributed by atoms with E-state index in [1.54, 1.807) is 30.9 Å². The van der Waals surface area contributed by atoms with Gasteiger partial charge in [0, 0.05) is 31.9 Å². The molecule has 9 nitrogen and oxygen atoms in total. The van der Waals surface area contributed by atoms with Crippen LogP contribution in [-0.4, -0.2) is 31.8 Å². The molecule has 0 aromatic carbocycles. The summed E-state index contributed by atoms with van der Waals surface area (Å²) < 4.78 is 3.19. The van der Waals surface area contributed by atoms with Crippen molar-refractivity contribution in [3.63, 3.8) is 0 Å². The molecule has 0 saturated carbocycles. The van der Waals surface area contributed by atoms with E-state index in [2.05, 4.69) is 15.6 Å². The lowest BCUT2D eigenvalue weighted by Gasteiger charge is -2.10. The van der Waals surface area contributed by atoms with Crippen LogP contribution in [0.3, 0.4) is 0 Å². The number of nitrogens with two attached hydrogens (primary N) is 1. The number of nitrogens with one attached hydrogen (secondary N) is 2. The van der Waals surface area contributed by atoms with Gasteiger partial charge in [-0.15, -0.1) is 0 Å². The van der Waals surface area contributed by atoms with Crippen molar-refractivity contribution in [3.05, 3.63) is 30.0 Å². The summed E-state index contributed by atoms with van der Waals surface area (Å²) in [5.41, 5.74) is 5.97. The van der Waals surface area contributed by atoms with E-state index in [1.165, 1.54) is 10.6 Å². The number of imidazole rings is 1. The first kappa shape index (κ1) is 18.2. The highest BCUT2D eigenvalue weighted by Crippen LogP contribution is 2.18. The van der Waals surface area contributed by atoms with Crippen molar-refractivity contribution in [2.45, 2.75) is 33.2 Å². The molecule has 0 bridgehead atoms. The van der Waals surface area contributed by atoms with E-state index in [9.17, 15) is 14.4 Å². The molecule has 0 unspecified atom stereocenters. The summed E-state index contributed by atoms with van der Waals surface area (Å²) in [6.07, 6.45) is 3.52. The van der Waals surface area contributed by atoms with Crippen LogP contribution in [0.1, 0.15) is 54.3 Å². The SMILES string of the molecule is CCC(=O)Nc1cn(C(C)C)c(C(=O)Nc2cc(C(N)=O)n(C)c2)n1. The minimum Gasteiger partial charge on any atom is -0.364 e. The number of hydrogen-bond donors (Lipinski definition) is 3. The standard InChI is InChI=1S/C16H22N6O3/c1-5-13(23)19-12-8-22(9(2)3)15(20-12)16(25)18-10-6-11(14(17)24)21(4)7-10/h6-9H,5H2,1-4H3,(H2,17,24)(H,18,25)(H,19,23). The monoisotopic (exact) mass is 346 g/mol. The number of amides is 3. The van der Waals surface area contributed by atoms with Gasteiger partial charge < -0.3 is 25.5 Å². The molecule has 0 saturated heterocycles. The number of primary amides is 1. The maximum atomic E-state index is 12.6. The molecular formula is C16H22N6O3. The largest absolute Gasteiger partial charge is 0.364 e. The Morgan fingerprint density at radius 2 is 1.92 bits per heavy atom. The van der Waals surface area contributed by atoms with Gasteiger partial charge in [0.2, 0.25) is 11.7 Å². The van der Waals surface area contributed by atoms with Crippen LogP contribution < -0.4 is 16.4 Å². The van der Waals surface area contributed by atoms with Gasteiger partial charge in [0.1, 0.15) is 5.69 Å². The summed E-state index contributed by atoms with van der Waals surface area (Å²) in [6.45, 7) is 5.53. The Morgan fingerprint density at radius 1 is 1.24 bits per heavy atom. The smallest absolute Gasteiger partial charge is 0.291 e. The summed E-state index contributed by atoms with van der Waals surface area (Å²) in [4.78, 5) is 39.6. The number of aryl methyl sites for hydroxylation is 1.